The lowest BCUT2D eigenvalue weighted by Crippen LogP contribution is -2.33. The predicted molar refractivity (Wildman–Crippen MR) is 102 cm³/mol. The summed E-state index contributed by atoms with van der Waals surface area (Å²) in [4.78, 5) is 16.6. The van der Waals surface area contributed by atoms with Gasteiger partial charge in [0.05, 0.1) is 12.1 Å². The normalized spacial score (nSPS) is 14.9. The van der Waals surface area contributed by atoms with E-state index in [9.17, 15) is 4.79 Å². The number of thioether (sulfide) groups is 1. The molecule has 0 aliphatic heterocycles. The lowest BCUT2D eigenvalue weighted by Gasteiger charge is -2.10. The minimum atomic E-state index is 0.0736. The van der Waals surface area contributed by atoms with E-state index in [2.05, 4.69) is 10.3 Å². The molecule has 0 spiro atoms. The van der Waals surface area contributed by atoms with Crippen molar-refractivity contribution in [3.63, 3.8) is 0 Å². The largest absolute Gasteiger partial charge is 0.353 e. The summed E-state index contributed by atoms with van der Waals surface area (Å²) in [5, 5.41) is 6.36. The number of halogens is 2. The first-order chi connectivity index (χ1) is 11.6. The molecule has 0 bridgehead atoms. The number of hydrogen-bond donors (Lipinski definition) is 1. The van der Waals surface area contributed by atoms with Crippen molar-refractivity contribution in [1.29, 1.82) is 0 Å². The average Bonchev–Trinajstić information content (AvgIpc) is 3.18. The lowest BCUT2D eigenvalue weighted by molar-refractivity contribution is -0.121. The van der Waals surface area contributed by atoms with E-state index in [1.165, 1.54) is 12.8 Å². The highest BCUT2D eigenvalue weighted by Crippen LogP contribution is 2.30. The van der Waals surface area contributed by atoms with Gasteiger partial charge in [0.2, 0.25) is 5.91 Å². The van der Waals surface area contributed by atoms with Gasteiger partial charge in [-0.25, -0.2) is 4.98 Å². The molecule has 1 aliphatic carbocycles. The molecule has 1 N–H and O–H groups in total. The van der Waals surface area contributed by atoms with Crippen molar-refractivity contribution in [2.75, 3.05) is 0 Å². The summed E-state index contributed by atoms with van der Waals surface area (Å²) in [6.45, 7) is 0. The Morgan fingerprint density at radius 2 is 2.12 bits per heavy atom. The van der Waals surface area contributed by atoms with Crippen LogP contribution in [-0.4, -0.2) is 16.9 Å². The fraction of sp³-hybridized carbons (Fsp3) is 0.412. The van der Waals surface area contributed by atoms with Crippen molar-refractivity contribution < 1.29 is 4.79 Å². The number of amides is 1. The van der Waals surface area contributed by atoms with E-state index in [1.807, 2.05) is 17.5 Å². The van der Waals surface area contributed by atoms with Gasteiger partial charge in [0.1, 0.15) is 4.34 Å². The Bertz CT molecular complexity index is 714. The minimum absolute atomic E-state index is 0.0736. The van der Waals surface area contributed by atoms with Gasteiger partial charge in [0.25, 0.3) is 0 Å². The van der Waals surface area contributed by atoms with Crippen molar-refractivity contribution in [3.05, 3.63) is 44.9 Å². The number of benzene rings is 1. The summed E-state index contributed by atoms with van der Waals surface area (Å²) >= 11 is 15.3. The highest BCUT2D eigenvalue weighted by molar-refractivity contribution is 8.00. The maximum Gasteiger partial charge on any atom is 0.226 e. The molecule has 1 aliphatic rings. The summed E-state index contributed by atoms with van der Waals surface area (Å²) in [7, 11) is 0. The Hall–Kier alpha value is -0.750. The van der Waals surface area contributed by atoms with Crippen LogP contribution < -0.4 is 5.32 Å². The van der Waals surface area contributed by atoms with Crippen LogP contribution in [0, 0.1) is 0 Å². The highest BCUT2D eigenvalue weighted by atomic mass is 35.5. The van der Waals surface area contributed by atoms with E-state index in [4.69, 9.17) is 23.2 Å². The molecule has 1 fully saturated rings. The van der Waals surface area contributed by atoms with Gasteiger partial charge in [-0.3, -0.25) is 4.79 Å². The predicted octanol–water partition coefficient (Wildman–Crippen LogP) is 5.34. The van der Waals surface area contributed by atoms with E-state index in [1.54, 1.807) is 29.2 Å². The fourth-order valence-corrected chi connectivity index (χ4v) is 5.13. The molecule has 128 valence electrons. The van der Waals surface area contributed by atoms with Gasteiger partial charge in [-0.15, -0.1) is 11.3 Å². The van der Waals surface area contributed by atoms with Crippen molar-refractivity contribution >= 4 is 52.2 Å². The molecule has 24 heavy (non-hydrogen) atoms. The second kappa shape index (κ2) is 8.56. The second-order valence-electron chi connectivity index (χ2n) is 5.85. The zero-order valence-corrected chi connectivity index (χ0v) is 16.2. The molecule has 1 amide bonds. The zero-order valence-electron chi connectivity index (χ0n) is 13.1. The molecule has 7 heteroatoms. The lowest BCUT2D eigenvalue weighted by atomic mass is 10.2. The van der Waals surface area contributed by atoms with Crippen LogP contribution in [0.5, 0.6) is 0 Å². The molecule has 1 aromatic heterocycles. The summed E-state index contributed by atoms with van der Waals surface area (Å²) in [5.41, 5.74) is 1.86. The maximum absolute atomic E-state index is 12.1. The Morgan fingerprint density at radius 1 is 1.33 bits per heavy atom. The number of hydrogen-bond acceptors (Lipinski definition) is 4. The SMILES string of the molecule is O=C(Cc1csc(SCc2ccc(Cl)cc2Cl)n1)NC1CCCC1. The third-order valence-corrected chi connectivity index (χ3v) is 6.66. The fourth-order valence-electron chi connectivity index (χ4n) is 2.73. The summed E-state index contributed by atoms with van der Waals surface area (Å²) in [6, 6.07) is 5.88. The molecule has 0 unspecified atom stereocenters. The molecule has 0 radical (unpaired) electrons. The van der Waals surface area contributed by atoms with Crippen LogP contribution in [0.4, 0.5) is 0 Å². The van der Waals surface area contributed by atoms with E-state index in [0.29, 0.717) is 22.5 Å². The van der Waals surface area contributed by atoms with Gasteiger partial charge >= 0.3 is 0 Å². The molecule has 1 aromatic carbocycles. The van der Waals surface area contributed by atoms with Crippen LogP contribution >= 0.6 is 46.3 Å². The van der Waals surface area contributed by atoms with Gasteiger partial charge < -0.3 is 5.32 Å². The number of rotatable bonds is 6. The Morgan fingerprint density at radius 3 is 2.88 bits per heavy atom. The molecule has 1 heterocycles. The highest BCUT2D eigenvalue weighted by Gasteiger charge is 2.17. The first-order valence-corrected chi connectivity index (χ1v) is 10.5. The smallest absolute Gasteiger partial charge is 0.226 e. The first kappa shape index (κ1) is 18.1. The Labute approximate surface area is 160 Å². The van der Waals surface area contributed by atoms with Gasteiger partial charge in [-0.2, -0.15) is 0 Å². The van der Waals surface area contributed by atoms with Crippen molar-refractivity contribution in [1.82, 2.24) is 10.3 Å². The van der Waals surface area contributed by atoms with Crippen molar-refractivity contribution in [3.8, 4) is 0 Å². The average molecular weight is 401 g/mol. The van der Waals surface area contributed by atoms with Gasteiger partial charge in [-0.05, 0) is 30.5 Å². The molecule has 0 saturated heterocycles. The topological polar surface area (TPSA) is 42.0 Å². The van der Waals surface area contributed by atoms with Crippen molar-refractivity contribution in [2.24, 2.45) is 0 Å². The zero-order chi connectivity index (χ0) is 16.9. The minimum Gasteiger partial charge on any atom is -0.353 e. The van der Waals surface area contributed by atoms with E-state index < -0.39 is 0 Å². The van der Waals surface area contributed by atoms with Crippen LogP contribution in [0.3, 0.4) is 0 Å². The van der Waals surface area contributed by atoms with Crippen LogP contribution in [-0.2, 0) is 17.0 Å². The van der Waals surface area contributed by atoms with Crippen LogP contribution in [0.25, 0.3) is 0 Å². The molecule has 1 saturated carbocycles. The quantitative estimate of drug-likeness (QED) is 0.664. The number of carbonyl (C=O) groups excluding carboxylic acids is 1. The number of aromatic nitrogens is 1. The summed E-state index contributed by atoms with van der Waals surface area (Å²) < 4.78 is 0.949. The van der Waals surface area contributed by atoms with Crippen LogP contribution in [0.15, 0.2) is 27.9 Å². The number of nitrogens with zero attached hydrogens (tertiary/aromatic N) is 1. The second-order valence-corrected chi connectivity index (χ2v) is 8.78. The molecular formula is C17H18Cl2N2OS2. The monoisotopic (exact) mass is 400 g/mol. The van der Waals surface area contributed by atoms with Gasteiger partial charge in [0, 0.05) is 27.2 Å². The summed E-state index contributed by atoms with van der Waals surface area (Å²) in [6.07, 6.45) is 5.00. The maximum atomic E-state index is 12.1. The third-order valence-electron chi connectivity index (χ3n) is 3.96. The Kier molecular flexibility index (Phi) is 6.44. The van der Waals surface area contributed by atoms with Crippen LogP contribution in [0.1, 0.15) is 36.9 Å². The van der Waals surface area contributed by atoms with Gasteiger partial charge in [-0.1, -0.05) is 53.9 Å². The van der Waals surface area contributed by atoms with Crippen molar-refractivity contribution in [2.45, 2.75) is 48.2 Å². The Balaban J connectivity index is 1.50. The van der Waals surface area contributed by atoms with E-state index in [0.717, 1.165) is 34.2 Å². The standard InChI is InChI=1S/C17H18Cl2N2OS2/c18-12-6-5-11(15(19)7-12)9-23-17-21-14(10-24-17)8-16(22)20-13-3-1-2-4-13/h5-7,10,13H,1-4,8-9H2,(H,20,22). The number of carbonyl (C=O) groups is 1. The van der Waals surface area contributed by atoms with Gasteiger partial charge in [0.15, 0.2) is 0 Å². The third kappa shape index (κ3) is 5.12. The molecule has 2 aromatic rings. The first-order valence-electron chi connectivity index (χ1n) is 7.90. The molecule has 3 nitrogen and oxygen atoms in total. The van der Waals surface area contributed by atoms with E-state index in [-0.39, 0.29) is 5.91 Å². The molecule has 0 atom stereocenters. The number of nitrogens with one attached hydrogen (secondary N) is 1. The number of thiazole rings is 1. The van der Waals surface area contributed by atoms with Crippen LogP contribution in [0.2, 0.25) is 10.0 Å². The van der Waals surface area contributed by atoms with E-state index >= 15 is 0 Å². The molecule has 3 rings (SSSR count). The summed E-state index contributed by atoms with van der Waals surface area (Å²) in [5.74, 6) is 0.807. The molecular weight excluding hydrogens is 383 g/mol.